The van der Waals surface area contributed by atoms with Crippen LogP contribution in [-0.2, 0) is 5.92 Å². The van der Waals surface area contributed by atoms with Gasteiger partial charge in [-0.15, -0.1) is 0 Å². The van der Waals surface area contributed by atoms with Crippen LogP contribution in [0.2, 0.25) is 0 Å². The van der Waals surface area contributed by atoms with Crippen LogP contribution < -0.4 is 0 Å². The predicted octanol–water partition coefficient (Wildman–Crippen LogP) is 5.24. The predicted molar refractivity (Wildman–Crippen MR) is 53.3 cm³/mol. The number of rotatable bonds is 6. The van der Waals surface area contributed by atoms with Crippen LogP contribution in [0.1, 0.15) is 5.69 Å². The van der Waals surface area contributed by atoms with Gasteiger partial charge in [-0.05, 0) is 6.07 Å². The lowest BCUT2D eigenvalue weighted by atomic mass is 9.90. The summed E-state index contributed by atoms with van der Waals surface area (Å²) in [5, 5.41) is 3.51. The van der Waals surface area contributed by atoms with E-state index in [9.17, 15) is 65.9 Å². The van der Waals surface area contributed by atoms with Crippen molar-refractivity contribution in [3.63, 3.8) is 0 Å². The molecule has 1 aromatic rings. The second-order valence-electron chi connectivity index (χ2n) is 4.91. The normalized spacial score (nSPS) is 16.0. The van der Waals surface area contributed by atoms with Crippen LogP contribution in [0.25, 0.3) is 0 Å². The van der Waals surface area contributed by atoms with Crippen molar-refractivity contribution in [3.8, 4) is 0 Å². The lowest BCUT2D eigenvalue weighted by Crippen LogP contribution is -2.72. The summed E-state index contributed by atoms with van der Waals surface area (Å²) >= 11 is 0. The van der Waals surface area contributed by atoms with Crippen LogP contribution in [0.5, 0.6) is 0 Å². The molecule has 27 heavy (non-hydrogen) atoms. The Hall–Kier alpha value is -1.84. The summed E-state index contributed by atoms with van der Waals surface area (Å²) in [6.45, 7) is 0. The average molecular weight is 436 g/mol. The summed E-state index contributed by atoms with van der Waals surface area (Å²) in [6.07, 6.45) is -7.40. The summed E-state index contributed by atoms with van der Waals surface area (Å²) < 4.78 is 193. The number of alkyl halides is 15. The molecule has 1 N–H and O–H groups in total. The molecule has 0 radical (unpaired) electrons. The molecule has 0 unspecified atom stereocenters. The van der Waals surface area contributed by atoms with E-state index >= 15 is 0 Å². The third-order valence-corrected chi connectivity index (χ3v) is 3.17. The molecule has 1 aromatic heterocycles. The van der Waals surface area contributed by atoms with E-state index in [-0.39, 0.29) is 12.3 Å². The molecule has 0 saturated heterocycles. The van der Waals surface area contributed by atoms with Gasteiger partial charge >= 0.3 is 41.7 Å². The van der Waals surface area contributed by atoms with Crippen molar-refractivity contribution in [2.45, 2.75) is 41.7 Å². The lowest BCUT2D eigenvalue weighted by Gasteiger charge is -2.41. The van der Waals surface area contributed by atoms with Crippen molar-refractivity contribution in [2.75, 3.05) is 0 Å². The first kappa shape index (κ1) is 23.2. The third-order valence-electron chi connectivity index (χ3n) is 3.17. The number of H-pyrrole nitrogens is 1. The molecular formula is C10H3F15N2. The highest BCUT2D eigenvalue weighted by molar-refractivity contribution is 5.19. The highest BCUT2D eigenvalue weighted by Crippen LogP contribution is 2.63. The van der Waals surface area contributed by atoms with Gasteiger partial charge in [-0.2, -0.15) is 71.0 Å². The van der Waals surface area contributed by atoms with Gasteiger partial charge in [0.1, 0.15) is 5.69 Å². The maximum absolute atomic E-state index is 13.4. The first-order valence-electron chi connectivity index (χ1n) is 5.94. The molecule has 0 fully saturated rings. The Labute approximate surface area is 137 Å². The van der Waals surface area contributed by atoms with E-state index < -0.39 is 47.4 Å². The number of aromatic amines is 1. The first-order valence-corrected chi connectivity index (χ1v) is 5.94. The first-order chi connectivity index (χ1) is 11.6. The molecule has 17 heteroatoms. The van der Waals surface area contributed by atoms with Crippen molar-refractivity contribution >= 4 is 0 Å². The van der Waals surface area contributed by atoms with E-state index in [1.807, 2.05) is 0 Å². The zero-order chi connectivity index (χ0) is 21.9. The van der Waals surface area contributed by atoms with Gasteiger partial charge in [0.2, 0.25) is 0 Å². The minimum absolute atomic E-state index is 0.190. The number of hydrogen-bond acceptors (Lipinski definition) is 1. The number of hydrogen-bond donors (Lipinski definition) is 1. The number of nitrogens with zero attached hydrogens (tertiary/aromatic N) is 1. The van der Waals surface area contributed by atoms with Gasteiger partial charge in [-0.1, -0.05) is 0 Å². The van der Waals surface area contributed by atoms with Crippen molar-refractivity contribution in [1.29, 1.82) is 0 Å². The molecule has 0 aliphatic heterocycles. The van der Waals surface area contributed by atoms with Crippen molar-refractivity contribution in [1.82, 2.24) is 10.2 Å². The zero-order valence-corrected chi connectivity index (χ0v) is 11.8. The summed E-state index contributed by atoms with van der Waals surface area (Å²) in [7, 11) is 0. The SMILES string of the molecule is FC(F)(F)C(F)(F)C(F)(F)C(F)(F)C(F)(F)C(F)(F)C(F)(F)c1ccn[nH]1. The molecule has 1 heterocycles. The van der Waals surface area contributed by atoms with Crippen molar-refractivity contribution in [2.24, 2.45) is 0 Å². The molecule has 0 aliphatic rings. The van der Waals surface area contributed by atoms with Gasteiger partial charge in [0.25, 0.3) is 0 Å². The Balaban J connectivity index is 3.60. The second kappa shape index (κ2) is 5.83. The van der Waals surface area contributed by atoms with E-state index in [0.29, 0.717) is 0 Å². The molecule has 1 rings (SSSR count). The zero-order valence-electron chi connectivity index (χ0n) is 11.8. The molecule has 158 valence electrons. The Morgan fingerprint density at radius 3 is 1.26 bits per heavy atom. The van der Waals surface area contributed by atoms with Crippen molar-refractivity contribution < 1.29 is 65.9 Å². The van der Waals surface area contributed by atoms with Gasteiger partial charge in [0, 0.05) is 6.20 Å². The van der Waals surface area contributed by atoms with Crippen LogP contribution in [-0.4, -0.2) is 46.0 Å². The maximum Gasteiger partial charge on any atom is 0.460 e. The highest BCUT2D eigenvalue weighted by atomic mass is 19.4. The molecule has 0 spiro atoms. The highest BCUT2D eigenvalue weighted by Gasteiger charge is 2.93. The quantitative estimate of drug-likeness (QED) is 0.608. The minimum Gasteiger partial charge on any atom is -0.276 e. The Morgan fingerprint density at radius 2 is 0.926 bits per heavy atom. The van der Waals surface area contributed by atoms with E-state index in [1.165, 1.54) is 0 Å². The molecule has 0 aromatic carbocycles. The molecule has 0 saturated carbocycles. The monoisotopic (exact) mass is 436 g/mol. The molecule has 0 amide bonds. The van der Waals surface area contributed by atoms with E-state index in [1.54, 1.807) is 0 Å². The number of halogens is 15. The number of aromatic nitrogens is 2. The van der Waals surface area contributed by atoms with Crippen LogP contribution in [0.15, 0.2) is 12.3 Å². The molecule has 0 atom stereocenters. The van der Waals surface area contributed by atoms with E-state index in [2.05, 4.69) is 5.10 Å². The van der Waals surface area contributed by atoms with Crippen LogP contribution in [0.4, 0.5) is 65.9 Å². The van der Waals surface area contributed by atoms with Crippen LogP contribution >= 0.6 is 0 Å². The minimum atomic E-state index is -8.29. The van der Waals surface area contributed by atoms with E-state index in [0.717, 1.165) is 5.10 Å². The maximum atomic E-state index is 13.4. The molecule has 0 bridgehead atoms. The smallest absolute Gasteiger partial charge is 0.276 e. The van der Waals surface area contributed by atoms with Gasteiger partial charge in [-0.3, -0.25) is 5.10 Å². The number of nitrogens with one attached hydrogen (secondary N) is 1. The van der Waals surface area contributed by atoms with Crippen LogP contribution in [0.3, 0.4) is 0 Å². The van der Waals surface area contributed by atoms with Crippen molar-refractivity contribution in [3.05, 3.63) is 18.0 Å². The Morgan fingerprint density at radius 1 is 0.556 bits per heavy atom. The summed E-state index contributed by atoms with van der Waals surface area (Å²) in [6, 6.07) is -0.190. The summed E-state index contributed by atoms with van der Waals surface area (Å²) in [5.41, 5.74) is -2.34. The third kappa shape index (κ3) is 2.79. The average Bonchev–Trinajstić information content (AvgIpc) is 2.99. The largest absolute Gasteiger partial charge is 0.460 e. The fourth-order valence-electron chi connectivity index (χ4n) is 1.57. The van der Waals surface area contributed by atoms with Crippen LogP contribution in [0, 0.1) is 0 Å². The second-order valence-corrected chi connectivity index (χ2v) is 4.91. The van der Waals surface area contributed by atoms with E-state index in [4.69, 9.17) is 0 Å². The fraction of sp³-hybridized carbons (Fsp3) is 0.700. The standard InChI is InChI=1S/C10H3F15N2/c11-4(12,3-1-2-26-27-3)5(13,14)6(15,16)7(17,18)8(19,20)9(21,22)10(23,24)25/h1-2H,(H,26,27). The summed E-state index contributed by atoms with van der Waals surface area (Å²) in [5.74, 6) is -46.6. The Bertz CT molecular complexity index is 657. The topological polar surface area (TPSA) is 28.7 Å². The molecule has 2 nitrogen and oxygen atoms in total. The van der Waals surface area contributed by atoms with Gasteiger partial charge in [0.05, 0.1) is 0 Å². The van der Waals surface area contributed by atoms with Gasteiger partial charge in [-0.25, -0.2) is 0 Å². The fourth-order valence-corrected chi connectivity index (χ4v) is 1.57. The summed E-state index contributed by atoms with van der Waals surface area (Å²) in [4.78, 5) is 0. The lowest BCUT2D eigenvalue weighted by molar-refractivity contribution is -0.454. The molecular weight excluding hydrogens is 433 g/mol. The molecule has 0 aliphatic carbocycles. The van der Waals surface area contributed by atoms with Gasteiger partial charge in [0.15, 0.2) is 0 Å². The Kier molecular flexibility index (Phi) is 5.01. The van der Waals surface area contributed by atoms with Gasteiger partial charge < -0.3 is 0 Å².